The van der Waals surface area contributed by atoms with Crippen molar-refractivity contribution in [3.05, 3.63) is 58.1 Å². The van der Waals surface area contributed by atoms with Crippen LogP contribution in [-0.4, -0.2) is 14.3 Å². The number of hydrogen-bond donors (Lipinski definition) is 3. The van der Waals surface area contributed by atoms with Crippen LogP contribution in [0.4, 0.5) is 5.69 Å². The molecule has 4 N–H and O–H groups in total. The fourth-order valence-corrected chi connectivity index (χ4v) is 3.05. The third-order valence-electron chi connectivity index (χ3n) is 2.71. The number of halogens is 2. The van der Waals surface area contributed by atoms with Crippen LogP contribution in [0, 0.1) is 0 Å². The second-order valence-electron chi connectivity index (χ2n) is 4.24. The van der Waals surface area contributed by atoms with Crippen LogP contribution in [0.15, 0.2) is 47.4 Å². The van der Waals surface area contributed by atoms with E-state index in [4.69, 9.17) is 29.0 Å². The Kier molecular flexibility index (Phi) is 4.92. The lowest BCUT2D eigenvalue weighted by Crippen LogP contribution is -2.30. The van der Waals surface area contributed by atoms with Gasteiger partial charge in [-0.05, 0) is 36.4 Å². The molecule has 22 heavy (non-hydrogen) atoms. The molecule has 0 heterocycles. The minimum atomic E-state index is -3.88. The number of anilines is 1. The second kappa shape index (κ2) is 6.53. The summed E-state index contributed by atoms with van der Waals surface area (Å²) >= 11 is 11.6. The Morgan fingerprint density at radius 2 is 1.77 bits per heavy atom. The molecule has 0 aromatic heterocycles. The van der Waals surface area contributed by atoms with E-state index in [2.05, 4.69) is 4.72 Å². The van der Waals surface area contributed by atoms with Gasteiger partial charge in [-0.2, -0.15) is 0 Å². The third kappa shape index (κ3) is 3.69. The number of nitrogens with two attached hydrogens (primary N) is 1. The molecule has 0 fully saturated rings. The number of hydrazine groups is 1. The zero-order valence-corrected chi connectivity index (χ0v) is 13.3. The van der Waals surface area contributed by atoms with Gasteiger partial charge in [-0.25, -0.2) is 14.3 Å². The molecule has 0 aliphatic heterocycles. The second-order valence-corrected chi connectivity index (χ2v) is 6.73. The molecule has 6 nitrogen and oxygen atoms in total. The van der Waals surface area contributed by atoms with Crippen LogP contribution < -0.4 is 16.0 Å². The Balaban J connectivity index is 2.34. The van der Waals surface area contributed by atoms with Crippen LogP contribution in [0.25, 0.3) is 0 Å². The van der Waals surface area contributed by atoms with E-state index in [-0.39, 0.29) is 21.2 Å². The Bertz CT molecular complexity index is 825. The molecule has 116 valence electrons. The van der Waals surface area contributed by atoms with Crippen molar-refractivity contribution in [2.45, 2.75) is 4.90 Å². The van der Waals surface area contributed by atoms with Gasteiger partial charge in [-0.3, -0.25) is 14.9 Å². The maximum absolute atomic E-state index is 12.3. The SMILES string of the molecule is NNC(=O)c1cccc(S(=O)(=O)Nc2ccc(Cl)c(Cl)c2)c1. The van der Waals surface area contributed by atoms with E-state index >= 15 is 0 Å². The Morgan fingerprint density at radius 3 is 2.41 bits per heavy atom. The molecule has 2 aromatic rings. The Hall–Kier alpha value is -1.80. The van der Waals surface area contributed by atoms with E-state index in [1.54, 1.807) is 0 Å². The molecule has 1 amide bonds. The number of hydrogen-bond acceptors (Lipinski definition) is 4. The highest BCUT2D eigenvalue weighted by molar-refractivity contribution is 7.92. The number of amides is 1. The summed E-state index contributed by atoms with van der Waals surface area (Å²) in [6, 6.07) is 9.78. The summed E-state index contributed by atoms with van der Waals surface area (Å²) in [6.45, 7) is 0. The average Bonchev–Trinajstić information content (AvgIpc) is 2.50. The maximum atomic E-state index is 12.3. The van der Waals surface area contributed by atoms with Crippen molar-refractivity contribution in [1.82, 2.24) is 5.43 Å². The maximum Gasteiger partial charge on any atom is 0.265 e. The van der Waals surface area contributed by atoms with E-state index in [0.717, 1.165) is 0 Å². The van der Waals surface area contributed by atoms with E-state index in [1.807, 2.05) is 5.43 Å². The quantitative estimate of drug-likeness (QED) is 0.443. The first kappa shape index (κ1) is 16.6. The van der Waals surface area contributed by atoms with Gasteiger partial charge in [0.05, 0.1) is 20.6 Å². The van der Waals surface area contributed by atoms with Gasteiger partial charge < -0.3 is 0 Å². The fourth-order valence-electron chi connectivity index (χ4n) is 1.66. The van der Waals surface area contributed by atoms with Gasteiger partial charge >= 0.3 is 0 Å². The lowest BCUT2D eigenvalue weighted by atomic mass is 10.2. The van der Waals surface area contributed by atoms with Gasteiger partial charge in [-0.1, -0.05) is 29.3 Å². The summed E-state index contributed by atoms with van der Waals surface area (Å²) in [7, 11) is -3.88. The van der Waals surface area contributed by atoms with Gasteiger partial charge in [0.15, 0.2) is 0 Å². The molecule has 0 atom stereocenters. The number of nitrogen functional groups attached to an aromatic ring is 1. The lowest BCUT2D eigenvalue weighted by Gasteiger charge is -2.10. The summed E-state index contributed by atoms with van der Waals surface area (Å²) in [5.41, 5.74) is 2.31. The largest absolute Gasteiger partial charge is 0.290 e. The fraction of sp³-hybridized carbons (Fsp3) is 0. The van der Waals surface area contributed by atoms with Crippen molar-refractivity contribution < 1.29 is 13.2 Å². The topological polar surface area (TPSA) is 101 Å². The van der Waals surface area contributed by atoms with Crippen LogP contribution in [0.5, 0.6) is 0 Å². The number of nitrogens with one attached hydrogen (secondary N) is 2. The van der Waals surface area contributed by atoms with E-state index in [1.165, 1.54) is 42.5 Å². The highest BCUT2D eigenvalue weighted by atomic mass is 35.5. The molecule has 0 spiro atoms. The molecule has 0 radical (unpaired) electrons. The first-order valence-electron chi connectivity index (χ1n) is 5.92. The van der Waals surface area contributed by atoms with E-state index in [0.29, 0.717) is 5.02 Å². The van der Waals surface area contributed by atoms with Crippen molar-refractivity contribution >= 4 is 44.8 Å². The monoisotopic (exact) mass is 359 g/mol. The molecule has 0 saturated heterocycles. The predicted octanol–water partition coefficient (Wildman–Crippen LogP) is 2.40. The van der Waals surface area contributed by atoms with Crippen LogP contribution >= 0.6 is 23.2 Å². The van der Waals surface area contributed by atoms with Gasteiger partial charge in [0.25, 0.3) is 15.9 Å². The lowest BCUT2D eigenvalue weighted by molar-refractivity contribution is 0.0953. The normalized spacial score (nSPS) is 11.0. The van der Waals surface area contributed by atoms with Gasteiger partial charge in [0.2, 0.25) is 0 Å². The zero-order valence-electron chi connectivity index (χ0n) is 11.0. The van der Waals surface area contributed by atoms with Crippen LogP contribution in [0.3, 0.4) is 0 Å². The zero-order chi connectivity index (χ0) is 16.3. The summed E-state index contributed by atoms with van der Waals surface area (Å²) in [5, 5.41) is 0.532. The van der Waals surface area contributed by atoms with Crippen molar-refractivity contribution in [3.8, 4) is 0 Å². The van der Waals surface area contributed by atoms with E-state index < -0.39 is 15.9 Å². The first-order chi connectivity index (χ1) is 10.3. The highest BCUT2D eigenvalue weighted by Crippen LogP contribution is 2.26. The molecule has 0 bridgehead atoms. The molecule has 0 aliphatic rings. The van der Waals surface area contributed by atoms with Crippen molar-refractivity contribution in [2.75, 3.05) is 4.72 Å². The minimum Gasteiger partial charge on any atom is -0.290 e. The molecule has 0 unspecified atom stereocenters. The predicted molar refractivity (Wildman–Crippen MR) is 85.4 cm³/mol. The third-order valence-corrected chi connectivity index (χ3v) is 4.83. The van der Waals surface area contributed by atoms with Crippen molar-refractivity contribution in [3.63, 3.8) is 0 Å². The van der Waals surface area contributed by atoms with Gasteiger partial charge in [0.1, 0.15) is 0 Å². The number of carbonyl (C=O) groups is 1. The van der Waals surface area contributed by atoms with Crippen molar-refractivity contribution in [1.29, 1.82) is 0 Å². The molecule has 2 rings (SSSR count). The summed E-state index contributed by atoms with van der Waals surface area (Å²) < 4.78 is 27.0. The van der Waals surface area contributed by atoms with Crippen molar-refractivity contribution in [2.24, 2.45) is 5.84 Å². The molecule has 0 aliphatic carbocycles. The van der Waals surface area contributed by atoms with Crippen LogP contribution in [0.1, 0.15) is 10.4 Å². The Labute approximate surface area is 137 Å². The highest BCUT2D eigenvalue weighted by Gasteiger charge is 2.16. The Morgan fingerprint density at radius 1 is 1.05 bits per heavy atom. The number of benzene rings is 2. The molecular weight excluding hydrogens is 349 g/mol. The number of carbonyl (C=O) groups excluding carboxylic acids is 1. The smallest absolute Gasteiger partial charge is 0.265 e. The standard InChI is InChI=1S/C13H11Cl2N3O3S/c14-11-5-4-9(7-12(11)15)18-22(20,21)10-3-1-2-8(6-10)13(19)17-16/h1-7,18H,16H2,(H,17,19). The van der Waals surface area contributed by atoms with Gasteiger partial charge in [-0.15, -0.1) is 0 Å². The summed E-state index contributed by atoms with van der Waals surface area (Å²) in [5.74, 6) is 4.43. The molecule has 9 heteroatoms. The summed E-state index contributed by atoms with van der Waals surface area (Å²) in [6.07, 6.45) is 0. The van der Waals surface area contributed by atoms with Gasteiger partial charge in [0, 0.05) is 5.56 Å². The first-order valence-corrected chi connectivity index (χ1v) is 8.16. The average molecular weight is 360 g/mol. The number of sulfonamides is 1. The molecule has 2 aromatic carbocycles. The van der Waals surface area contributed by atoms with Crippen LogP contribution in [-0.2, 0) is 10.0 Å². The molecular formula is C13H11Cl2N3O3S. The summed E-state index contributed by atoms with van der Waals surface area (Å²) in [4.78, 5) is 11.4. The minimum absolute atomic E-state index is 0.0836. The number of rotatable bonds is 4. The molecule has 0 saturated carbocycles. The van der Waals surface area contributed by atoms with Crippen LogP contribution in [0.2, 0.25) is 10.0 Å². The van der Waals surface area contributed by atoms with E-state index in [9.17, 15) is 13.2 Å².